The first-order valence-electron chi connectivity index (χ1n) is 5.34. The van der Waals surface area contributed by atoms with E-state index in [1.165, 1.54) is 12.1 Å². The first kappa shape index (κ1) is 22.5. The number of ether oxygens (including phenoxy) is 1. The van der Waals surface area contributed by atoms with Crippen LogP contribution in [0.2, 0.25) is 0 Å². The number of alkyl halides is 5. The lowest BCUT2D eigenvalue weighted by atomic mass is 10.2. The molecule has 0 aliphatic rings. The van der Waals surface area contributed by atoms with Gasteiger partial charge in [0.05, 0.1) is 5.56 Å². The van der Waals surface area contributed by atoms with Crippen molar-refractivity contribution in [3.05, 3.63) is 28.4 Å². The maximum absolute atomic E-state index is 13.3. The molecule has 0 aliphatic carbocycles. The molecule has 0 radical (unpaired) electrons. The maximum atomic E-state index is 13.3. The Morgan fingerprint density at radius 1 is 1.08 bits per heavy atom. The normalized spacial score (nSPS) is 14.4. The van der Waals surface area contributed by atoms with Crippen LogP contribution in [0.1, 0.15) is 10.4 Å². The van der Waals surface area contributed by atoms with Crippen LogP contribution in [0.3, 0.4) is 0 Å². The van der Waals surface area contributed by atoms with E-state index in [4.69, 9.17) is 0 Å². The molecule has 1 aromatic rings. The van der Waals surface area contributed by atoms with Gasteiger partial charge < -0.3 is 9.29 Å². The number of esters is 1. The molecular formula is C10H3F5I3O5S-. The summed E-state index contributed by atoms with van der Waals surface area (Å²) in [5.74, 6) is -1.83. The summed E-state index contributed by atoms with van der Waals surface area (Å²) in [4.78, 5) is 11.9. The summed E-state index contributed by atoms with van der Waals surface area (Å²) in [7, 11) is -6.73. The van der Waals surface area contributed by atoms with Crippen molar-refractivity contribution in [1.82, 2.24) is 0 Å². The number of hydrogen-bond acceptors (Lipinski definition) is 5. The number of hydrogen-bond donors (Lipinski definition) is 0. The molecule has 0 saturated carbocycles. The highest BCUT2D eigenvalue weighted by molar-refractivity contribution is 14.1. The van der Waals surface area contributed by atoms with Gasteiger partial charge in [-0.3, -0.25) is 0 Å². The van der Waals surface area contributed by atoms with Crippen molar-refractivity contribution in [2.75, 3.05) is 0 Å². The van der Waals surface area contributed by atoms with Crippen LogP contribution in [0, 0.1) is 10.7 Å². The van der Waals surface area contributed by atoms with Crippen LogP contribution < -0.4 is 0 Å². The van der Waals surface area contributed by atoms with E-state index in [1.54, 1.807) is 45.2 Å². The number of carbonyl (C=O) groups is 1. The fraction of sp³-hybridized carbons (Fsp3) is 0.300. The zero-order chi connectivity index (χ0) is 19.1. The Kier molecular flexibility index (Phi) is 7.11. The third-order valence-corrected chi connectivity index (χ3v) is 5.58. The highest BCUT2D eigenvalue weighted by Gasteiger charge is 2.63. The van der Waals surface area contributed by atoms with Gasteiger partial charge in [0.25, 0.3) is 6.10 Å². The van der Waals surface area contributed by atoms with Crippen LogP contribution in [-0.2, 0) is 14.9 Å². The molecule has 0 amide bonds. The molecular weight excluding hydrogens is 708 g/mol. The Labute approximate surface area is 172 Å². The Bertz CT molecular complexity index is 742. The summed E-state index contributed by atoms with van der Waals surface area (Å²) in [6.45, 7) is 0. The van der Waals surface area contributed by atoms with Gasteiger partial charge in [-0.2, -0.15) is 22.0 Å². The van der Waals surface area contributed by atoms with Crippen molar-refractivity contribution in [1.29, 1.82) is 0 Å². The summed E-state index contributed by atoms with van der Waals surface area (Å²) in [6, 6.07) is 2.73. The topological polar surface area (TPSA) is 83.5 Å². The Morgan fingerprint density at radius 3 is 1.83 bits per heavy atom. The summed E-state index contributed by atoms with van der Waals surface area (Å²) in [5, 5.41) is -5.87. The summed E-state index contributed by atoms with van der Waals surface area (Å²) in [6.07, 6.45) is -10.4. The number of benzene rings is 1. The van der Waals surface area contributed by atoms with Crippen LogP contribution in [-0.4, -0.2) is 36.5 Å². The van der Waals surface area contributed by atoms with Gasteiger partial charge in [-0.15, -0.1) is 0 Å². The van der Waals surface area contributed by atoms with E-state index in [9.17, 15) is 39.7 Å². The lowest BCUT2D eigenvalue weighted by molar-refractivity contribution is -0.248. The smallest absolute Gasteiger partial charge is 0.432 e. The Hall–Kier alpha value is 0.440. The van der Waals surface area contributed by atoms with E-state index < -0.39 is 39.2 Å². The summed E-state index contributed by atoms with van der Waals surface area (Å²) >= 11 is 5.00. The molecule has 14 heteroatoms. The zero-order valence-electron chi connectivity index (χ0n) is 10.7. The summed E-state index contributed by atoms with van der Waals surface area (Å²) < 4.78 is 101. The third-order valence-electron chi connectivity index (χ3n) is 2.37. The SMILES string of the molecule is O=C(OC(C(F)(F)F)C(F)(F)S(=O)(=O)[O-])c1c(I)cc(I)cc1I. The second kappa shape index (κ2) is 7.59. The van der Waals surface area contributed by atoms with E-state index in [2.05, 4.69) is 4.74 Å². The monoisotopic (exact) mass is 711 g/mol. The van der Waals surface area contributed by atoms with E-state index >= 15 is 0 Å². The Morgan fingerprint density at radius 2 is 1.50 bits per heavy atom. The third kappa shape index (κ3) is 5.00. The predicted octanol–water partition coefficient (Wildman–Crippen LogP) is 3.73. The van der Waals surface area contributed by atoms with Gasteiger partial charge >= 0.3 is 17.4 Å². The molecule has 0 spiro atoms. The number of halogens is 8. The zero-order valence-corrected chi connectivity index (χ0v) is 18.0. The molecule has 0 fully saturated rings. The fourth-order valence-corrected chi connectivity index (χ4v) is 5.83. The summed E-state index contributed by atoms with van der Waals surface area (Å²) in [5.41, 5.74) is -0.454. The molecule has 0 aromatic heterocycles. The molecule has 0 heterocycles. The van der Waals surface area contributed by atoms with Crippen molar-refractivity contribution in [2.45, 2.75) is 17.5 Å². The molecule has 1 atom stereocenters. The van der Waals surface area contributed by atoms with Gasteiger partial charge in [0.1, 0.15) is 0 Å². The van der Waals surface area contributed by atoms with Gasteiger partial charge in [0.15, 0.2) is 10.1 Å². The van der Waals surface area contributed by atoms with Gasteiger partial charge in [-0.25, -0.2) is 13.2 Å². The van der Waals surface area contributed by atoms with Crippen LogP contribution in [0.25, 0.3) is 0 Å². The average Bonchev–Trinajstić information content (AvgIpc) is 2.31. The highest BCUT2D eigenvalue weighted by atomic mass is 127. The van der Waals surface area contributed by atoms with Gasteiger partial charge in [-0.05, 0) is 79.9 Å². The average molecular weight is 711 g/mol. The number of carbonyl (C=O) groups excluding carboxylic acids is 1. The molecule has 5 nitrogen and oxygen atoms in total. The first-order valence-corrected chi connectivity index (χ1v) is 9.99. The minimum Gasteiger partial charge on any atom is -0.743 e. The molecule has 0 saturated heterocycles. The standard InChI is InChI=1S/C10H4F5I3O5S/c11-9(12,13)8(10(14,15)24(20,21)22)23-7(19)6-4(17)1-3(16)2-5(6)18/h1-2,8H,(H,20,21,22)/p-1. The van der Waals surface area contributed by atoms with Gasteiger partial charge in [-0.1, -0.05) is 0 Å². The van der Waals surface area contributed by atoms with Crippen molar-refractivity contribution >= 4 is 83.9 Å². The molecule has 24 heavy (non-hydrogen) atoms. The minimum absolute atomic E-state index is 0.100. The van der Waals surface area contributed by atoms with Crippen molar-refractivity contribution in [3.8, 4) is 0 Å². The molecule has 0 N–H and O–H groups in total. The van der Waals surface area contributed by atoms with E-state index in [-0.39, 0.29) is 7.14 Å². The molecule has 0 bridgehead atoms. The van der Waals surface area contributed by atoms with Crippen molar-refractivity contribution in [2.24, 2.45) is 0 Å². The van der Waals surface area contributed by atoms with E-state index in [1.807, 2.05) is 22.6 Å². The first-order chi connectivity index (χ1) is 10.6. The van der Waals surface area contributed by atoms with E-state index in [0.29, 0.717) is 3.57 Å². The quantitative estimate of drug-likeness (QED) is 0.206. The van der Waals surface area contributed by atoms with Crippen molar-refractivity contribution in [3.63, 3.8) is 0 Å². The highest BCUT2D eigenvalue weighted by Crippen LogP contribution is 2.38. The second-order valence-corrected chi connectivity index (χ2v) is 9.11. The van der Waals surface area contributed by atoms with Crippen LogP contribution >= 0.6 is 67.8 Å². The second-order valence-electron chi connectivity index (χ2n) is 4.09. The van der Waals surface area contributed by atoms with Gasteiger partial charge in [0, 0.05) is 10.7 Å². The minimum atomic E-state index is -6.73. The molecule has 1 aromatic carbocycles. The lowest BCUT2D eigenvalue weighted by Crippen LogP contribution is -2.52. The lowest BCUT2D eigenvalue weighted by Gasteiger charge is -2.29. The van der Waals surface area contributed by atoms with Gasteiger partial charge in [0.2, 0.25) is 0 Å². The number of rotatable bonds is 4. The van der Waals surface area contributed by atoms with E-state index in [0.717, 1.165) is 0 Å². The maximum Gasteiger partial charge on any atom is 0.432 e. The largest absolute Gasteiger partial charge is 0.743 e. The Balaban J connectivity index is 3.35. The predicted molar refractivity (Wildman–Crippen MR) is 94.5 cm³/mol. The van der Waals surface area contributed by atoms with Crippen LogP contribution in [0.15, 0.2) is 12.1 Å². The fourth-order valence-electron chi connectivity index (χ4n) is 1.36. The van der Waals surface area contributed by atoms with Crippen molar-refractivity contribution < 1.29 is 44.5 Å². The molecule has 0 aliphatic heterocycles. The van der Waals surface area contributed by atoms with Crippen LogP contribution in [0.4, 0.5) is 22.0 Å². The van der Waals surface area contributed by atoms with Crippen LogP contribution in [0.5, 0.6) is 0 Å². The molecule has 1 unspecified atom stereocenters. The molecule has 1 rings (SSSR count). The molecule has 136 valence electrons.